The molecule has 1 spiro atoms. The second-order valence-corrected chi connectivity index (χ2v) is 12.3. The van der Waals surface area contributed by atoms with Gasteiger partial charge in [0, 0.05) is 23.3 Å². The molecular formula is C32H36ClN3O5. The van der Waals surface area contributed by atoms with Crippen molar-refractivity contribution in [2.45, 2.75) is 63.4 Å². The first kappa shape index (κ1) is 27.8. The molecule has 8 nitrogen and oxygen atoms in total. The number of carbonyl (C=O) groups excluding carboxylic acids is 3. The van der Waals surface area contributed by atoms with Crippen molar-refractivity contribution < 1.29 is 23.9 Å². The topological polar surface area (TPSA) is 97.0 Å². The predicted octanol–water partition coefficient (Wildman–Crippen LogP) is 4.58. The molecule has 216 valence electrons. The summed E-state index contributed by atoms with van der Waals surface area (Å²) in [5.74, 6) is -0.897. The van der Waals surface area contributed by atoms with Gasteiger partial charge in [-0.25, -0.2) is 0 Å². The summed E-state index contributed by atoms with van der Waals surface area (Å²) in [4.78, 5) is 43.7. The Morgan fingerprint density at radius 2 is 1.80 bits per heavy atom. The van der Waals surface area contributed by atoms with Crippen LogP contribution < -0.4 is 15.4 Å². The minimum absolute atomic E-state index is 0.0194. The zero-order valence-corrected chi connectivity index (χ0v) is 24.3. The predicted molar refractivity (Wildman–Crippen MR) is 155 cm³/mol. The van der Waals surface area contributed by atoms with Crippen molar-refractivity contribution in [2.24, 2.45) is 23.7 Å². The highest BCUT2D eigenvalue weighted by Gasteiger charge is 2.72. The van der Waals surface area contributed by atoms with Crippen LogP contribution in [0, 0.1) is 23.7 Å². The highest BCUT2D eigenvalue weighted by molar-refractivity contribution is 6.30. The van der Waals surface area contributed by atoms with Crippen LogP contribution in [0.1, 0.15) is 38.7 Å². The Bertz CT molecular complexity index is 1360. The smallest absolute Gasteiger partial charge is 0.246 e. The van der Waals surface area contributed by atoms with E-state index in [0.29, 0.717) is 28.3 Å². The first-order valence-corrected chi connectivity index (χ1v) is 14.8. The summed E-state index contributed by atoms with van der Waals surface area (Å²) in [6.07, 6.45) is 6.17. The Morgan fingerprint density at radius 3 is 2.51 bits per heavy atom. The molecule has 2 N–H and O–H groups in total. The molecule has 4 aliphatic rings. The van der Waals surface area contributed by atoms with Gasteiger partial charge in [0.1, 0.15) is 17.4 Å². The molecule has 3 amide bonds. The standard InChI is InChI=1S/C32H36ClN3O5/c1-18-5-4-6-24(19(18)2)35-30(38)28-32-16-15-25(41-32)26(29(37)34-22-11-13-23(40-3)14-12-22)27(32)31(39)36(28)17-20-7-9-21(33)10-8-20/h7-16,18-19,24-28H,4-6,17H2,1-3H3,(H,34,37)(H,35,38)/t18?,19?,24?,25-,26?,27-,28?,32?/m0/s1. The number of likely N-dealkylation sites (tertiary alicyclic amines) is 1. The highest BCUT2D eigenvalue weighted by Crippen LogP contribution is 2.55. The molecule has 6 rings (SSSR count). The van der Waals surface area contributed by atoms with E-state index < -0.39 is 29.6 Å². The normalized spacial score (nSPS) is 33.5. The largest absolute Gasteiger partial charge is 0.497 e. The number of hydrogen-bond acceptors (Lipinski definition) is 5. The molecule has 41 heavy (non-hydrogen) atoms. The average molecular weight is 578 g/mol. The number of anilines is 1. The summed E-state index contributed by atoms with van der Waals surface area (Å²) >= 11 is 6.11. The van der Waals surface area contributed by atoms with Crippen LogP contribution in [0.3, 0.4) is 0 Å². The molecule has 2 saturated heterocycles. The lowest BCUT2D eigenvalue weighted by Crippen LogP contribution is -2.57. The molecular weight excluding hydrogens is 542 g/mol. The van der Waals surface area contributed by atoms with Gasteiger partial charge < -0.3 is 25.0 Å². The van der Waals surface area contributed by atoms with Gasteiger partial charge in [-0.15, -0.1) is 0 Å². The van der Waals surface area contributed by atoms with Crippen molar-refractivity contribution in [3.8, 4) is 5.75 Å². The molecule has 8 atom stereocenters. The maximum Gasteiger partial charge on any atom is 0.246 e. The number of amides is 3. The fourth-order valence-electron chi connectivity index (χ4n) is 7.17. The maximum atomic E-state index is 14.2. The van der Waals surface area contributed by atoms with Crippen molar-refractivity contribution in [1.82, 2.24) is 10.2 Å². The lowest BCUT2D eigenvalue weighted by Gasteiger charge is -2.38. The van der Waals surface area contributed by atoms with Gasteiger partial charge in [-0.3, -0.25) is 14.4 Å². The highest BCUT2D eigenvalue weighted by atomic mass is 35.5. The van der Waals surface area contributed by atoms with Gasteiger partial charge in [0.25, 0.3) is 0 Å². The number of hydrogen-bond donors (Lipinski definition) is 2. The first-order valence-electron chi connectivity index (χ1n) is 14.4. The van der Waals surface area contributed by atoms with Gasteiger partial charge in [0.2, 0.25) is 17.7 Å². The Kier molecular flexibility index (Phi) is 7.32. The molecule has 1 saturated carbocycles. The summed E-state index contributed by atoms with van der Waals surface area (Å²) < 4.78 is 11.7. The lowest BCUT2D eigenvalue weighted by atomic mass is 9.73. The number of carbonyl (C=O) groups is 3. The Balaban J connectivity index is 1.31. The Morgan fingerprint density at radius 1 is 1.07 bits per heavy atom. The van der Waals surface area contributed by atoms with E-state index in [1.165, 1.54) is 0 Å². The number of ether oxygens (including phenoxy) is 2. The third kappa shape index (κ3) is 4.81. The minimum atomic E-state index is -1.22. The second-order valence-electron chi connectivity index (χ2n) is 11.9. The summed E-state index contributed by atoms with van der Waals surface area (Å²) in [7, 11) is 1.58. The monoisotopic (exact) mass is 577 g/mol. The van der Waals surface area contributed by atoms with Gasteiger partial charge >= 0.3 is 0 Å². The molecule has 1 aliphatic carbocycles. The zero-order chi connectivity index (χ0) is 28.9. The number of methoxy groups -OCH3 is 1. The molecule has 3 fully saturated rings. The Labute approximate surface area is 245 Å². The van der Waals surface area contributed by atoms with Gasteiger partial charge in [-0.05, 0) is 60.2 Å². The zero-order valence-electron chi connectivity index (χ0n) is 23.5. The van der Waals surface area contributed by atoms with Crippen LogP contribution in [0.25, 0.3) is 0 Å². The fraction of sp³-hybridized carbons (Fsp3) is 0.469. The second kappa shape index (κ2) is 10.8. The third-order valence-corrected chi connectivity index (χ3v) is 9.84. The number of benzene rings is 2. The van der Waals surface area contributed by atoms with Crippen LogP contribution in [0.15, 0.2) is 60.7 Å². The van der Waals surface area contributed by atoms with E-state index in [2.05, 4.69) is 24.5 Å². The number of nitrogens with zero attached hydrogens (tertiary/aromatic N) is 1. The van der Waals surface area contributed by atoms with Crippen LogP contribution in [0.4, 0.5) is 5.69 Å². The number of fused-ring (bicyclic) bond motifs is 1. The van der Waals surface area contributed by atoms with E-state index in [-0.39, 0.29) is 30.3 Å². The molecule has 9 heteroatoms. The van der Waals surface area contributed by atoms with Crippen molar-refractivity contribution in [3.05, 3.63) is 71.3 Å². The van der Waals surface area contributed by atoms with E-state index in [1.54, 1.807) is 48.4 Å². The molecule has 0 aromatic heterocycles. The van der Waals surface area contributed by atoms with Crippen molar-refractivity contribution in [1.29, 1.82) is 0 Å². The minimum Gasteiger partial charge on any atom is -0.497 e. The molecule has 6 unspecified atom stereocenters. The molecule has 2 aromatic carbocycles. The van der Waals surface area contributed by atoms with Crippen LogP contribution in [-0.2, 0) is 25.7 Å². The van der Waals surface area contributed by atoms with Crippen LogP contribution in [0.5, 0.6) is 5.75 Å². The van der Waals surface area contributed by atoms with E-state index >= 15 is 0 Å². The van der Waals surface area contributed by atoms with E-state index in [1.807, 2.05) is 24.3 Å². The number of halogens is 1. The van der Waals surface area contributed by atoms with Gasteiger partial charge in [0.15, 0.2) is 0 Å². The van der Waals surface area contributed by atoms with Crippen molar-refractivity contribution in [3.63, 3.8) is 0 Å². The molecule has 0 radical (unpaired) electrons. The maximum absolute atomic E-state index is 14.2. The van der Waals surface area contributed by atoms with E-state index in [0.717, 1.165) is 24.8 Å². The van der Waals surface area contributed by atoms with Gasteiger partial charge in [0.05, 0.1) is 25.0 Å². The SMILES string of the molecule is COc1ccc(NC(=O)C2[C@@H]3C=CC4(O3)C(C(=O)NC3CCCC(C)C3C)N(Cc3ccc(Cl)cc3)C(=O)[C@H]24)cc1. The molecule has 2 aromatic rings. The molecule has 2 bridgehead atoms. The summed E-state index contributed by atoms with van der Waals surface area (Å²) in [6, 6.07) is 13.4. The third-order valence-electron chi connectivity index (χ3n) is 9.58. The first-order chi connectivity index (χ1) is 19.7. The number of nitrogens with one attached hydrogen (secondary N) is 2. The summed E-state index contributed by atoms with van der Waals surface area (Å²) in [5.41, 5.74) is 0.216. The van der Waals surface area contributed by atoms with Crippen LogP contribution >= 0.6 is 11.6 Å². The molecule has 3 heterocycles. The van der Waals surface area contributed by atoms with Gasteiger partial charge in [-0.1, -0.05) is 62.6 Å². The van der Waals surface area contributed by atoms with Crippen LogP contribution in [-0.4, -0.2) is 53.5 Å². The van der Waals surface area contributed by atoms with E-state index in [9.17, 15) is 14.4 Å². The quantitative estimate of drug-likeness (QED) is 0.470. The van der Waals surface area contributed by atoms with Gasteiger partial charge in [-0.2, -0.15) is 0 Å². The van der Waals surface area contributed by atoms with Crippen molar-refractivity contribution in [2.75, 3.05) is 12.4 Å². The summed E-state index contributed by atoms with van der Waals surface area (Å²) in [6.45, 7) is 4.61. The summed E-state index contributed by atoms with van der Waals surface area (Å²) in [5, 5.41) is 6.83. The number of rotatable bonds is 7. The lowest BCUT2D eigenvalue weighted by molar-refractivity contribution is -0.142. The Hall–Kier alpha value is -3.36. The van der Waals surface area contributed by atoms with Crippen LogP contribution in [0.2, 0.25) is 5.02 Å². The van der Waals surface area contributed by atoms with E-state index in [4.69, 9.17) is 21.1 Å². The molecule has 3 aliphatic heterocycles. The fourth-order valence-corrected chi connectivity index (χ4v) is 7.30. The average Bonchev–Trinajstić information content (AvgIpc) is 3.60. The van der Waals surface area contributed by atoms with Crippen molar-refractivity contribution >= 4 is 35.0 Å².